The van der Waals surface area contributed by atoms with E-state index in [0.29, 0.717) is 12.4 Å². The van der Waals surface area contributed by atoms with Gasteiger partial charge >= 0.3 is 0 Å². The summed E-state index contributed by atoms with van der Waals surface area (Å²) in [5, 5.41) is 9.22. The van der Waals surface area contributed by atoms with E-state index < -0.39 is 0 Å². The second-order valence-corrected chi connectivity index (χ2v) is 7.13. The van der Waals surface area contributed by atoms with Crippen LogP contribution in [-0.4, -0.2) is 17.5 Å². The van der Waals surface area contributed by atoms with Crippen LogP contribution in [0.1, 0.15) is 26.3 Å². The van der Waals surface area contributed by atoms with E-state index in [0.717, 1.165) is 16.4 Å². The van der Waals surface area contributed by atoms with E-state index in [1.54, 1.807) is 23.9 Å². The Morgan fingerprint density at radius 2 is 1.57 bits per heavy atom. The number of phenolic OH excluding ortho intramolecular Hbond substituents is 1. The Hall–Kier alpha value is -1.61. The molecule has 0 heterocycles. The predicted molar refractivity (Wildman–Crippen MR) is 89.5 cm³/mol. The first-order valence-electron chi connectivity index (χ1n) is 7.10. The molecule has 0 atom stereocenters. The van der Waals surface area contributed by atoms with Crippen molar-refractivity contribution in [2.24, 2.45) is 0 Å². The predicted octanol–water partition coefficient (Wildman–Crippen LogP) is 4.86. The first kappa shape index (κ1) is 15.8. The van der Waals surface area contributed by atoms with Crippen LogP contribution in [0.15, 0.2) is 53.4 Å². The fourth-order valence-electron chi connectivity index (χ4n) is 1.91. The fourth-order valence-corrected chi connectivity index (χ4v) is 2.64. The van der Waals surface area contributed by atoms with Crippen LogP contribution in [0, 0.1) is 0 Å². The summed E-state index contributed by atoms with van der Waals surface area (Å²) in [5.74, 6) is 2.09. The number of hydrogen-bond donors (Lipinski definition) is 1. The van der Waals surface area contributed by atoms with Crippen LogP contribution >= 0.6 is 11.8 Å². The Labute approximate surface area is 131 Å². The van der Waals surface area contributed by atoms with Gasteiger partial charge in [-0.15, -0.1) is 11.8 Å². The molecule has 0 aliphatic rings. The van der Waals surface area contributed by atoms with Crippen molar-refractivity contribution in [2.75, 3.05) is 12.4 Å². The van der Waals surface area contributed by atoms with Crippen molar-refractivity contribution in [2.45, 2.75) is 31.1 Å². The van der Waals surface area contributed by atoms with E-state index in [1.807, 2.05) is 24.3 Å². The van der Waals surface area contributed by atoms with Crippen LogP contribution in [0.5, 0.6) is 11.5 Å². The molecule has 0 spiro atoms. The Balaban J connectivity index is 1.77. The van der Waals surface area contributed by atoms with Gasteiger partial charge in [0.05, 0.1) is 6.61 Å². The van der Waals surface area contributed by atoms with Crippen molar-refractivity contribution in [1.82, 2.24) is 0 Å². The molecule has 2 aromatic rings. The number of benzene rings is 2. The minimum absolute atomic E-state index is 0.174. The van der Waals surface area contributed by atoms with E-state index in [-0.39, 0.29) is 5.41 Å². The third-order valence-electron chi connectivity index (χ3n) is 3.18. The minimum atomic E-state index is 0.174. The van der Waals surface area contributed by atoms with Crippen molar-refractivity contribution in [3.63, 3.8) is 0 Å². The minimum Gasteiger partial charge on any atom is -0.508 e. The highest BCUT2D eigenvalue weighted by Gasteiger charge is 2.12. The maximum absolute atomic E-state index is 9.22. The first-order chi connectivity index (χ1) is 9.95. The topological polar surface area (TPSA) is 29.5 Å². The zero-order valence-electron chi connectivity index (χ0n) is 12.8. The molecule has 2 aromatic carbocycles. The smallest absolute Gasteiger partial charge is 0.119 e. The Morgan fingerprint density at radius 3 is 2.14 bits per heavy atom. The van der Waals surface area contributed by atoms with Crippen molar-refractivity contribution < 1.29 is 9.84 Å². The Kier molecular flexibility index (Phi) is 5.18. The van der Waals surface area contributed by atoms with Crippen LogP contribution in [0.25, 0.3) is 0 Å². The summed E-state index contributed by atoms with van der Waals surface area (Å²) in [5.41, 5.74) is 1.49. The summed E-state index contributed by atoms with van der Waals surface area (Å²) >= 11 is 1.72. The molecule has 0 amide bonds. The maximum atomic E-state index is 9.22. The first-order valence-corrected chi connectivity index (χ1v) is 8.09. The molecule has 2 nitrogen and oxygen atoms in total. The summed E-state index contributed by atoms with van der Waals surface area (Å²) in [7, 11) is 0. The van der Waals surface area contributed by atoms with Crippen molar-refractivity contribution in [3.8, 4) is 11.5 Å². The lowest BCUT2D eigenvalue weighted by Crippen LogP contribution is -2.10. The van der Waals surface area contributed by atoms with Gasteiger partial charge in [0.15, 0.2) is 0 Å². The van der Waals surface area contributed by atoms with Gasteiger partial charge in [-0.1, -0.05) is 32.9 Å². The molecule has 112 valence electrons. The van der Waals surface area contributed by atoms with Gasteiger partial charge in [0.2, 0.25) is 0 Å². The quantitative estimate of drug-likeness (QED) is 0.631. The van der Waals surface area contributed by atoms with Crippen LogP contribution in [-0.2, 0) is 5.41 Å². The van der Waals surface area contributed by atoms with Gasteiger partial charge in [0.25, 0.3) is 0 Å². The Morgan fingerprint density at radius 1 is 0.952 bits per heavy atom. The Bertz CT molecular complexity index is 553. The van der Waals surface area contributed by atoms with Crippen LogP contribution in [0.2, 0.25) is 0 Å². The molecular weight excluding hydrogens is 280 g/mol. The molecule has 0 saturated heterocycles. The molecule has 0 unspecified atom stereocenters. The molecule has 0 radical (unpaired) electrons. The van der Waals surface area contributed by atoms with Crippen molar-refractivity contribution in [1.29, 1.82) is 0 Å². The molecule has 0 fully saturated rings. The number of ether oxygens (including phenoxy) is 1. The van der Waals surface area contributed by atoms with Gasteiger partial charge in [-0.3, -0.25) is 0 Å². The molecular formula is C18H22O2S. The summed E-state index contributed by atoms with van der Waals surface area (Å²) in [6.45, 7) is 7.28. The van der Waals surface area contributed by atoms with Crippen molar-refractivity contribution in [3.05, 3.63) is 54.1 Å². The van der Waals surface area contributed by atoms with Gasteiger partial charge in [0.1, 0.15) is 11.5 Å². The number of thioether (sulfide) groups is 1. The second kappa shape index (κ2) is 6.90. The largest absolute Gasteiger partial charge is 0.508 e. The van der Waals surface area contributed by atoms with E-state index >= 15 is 0 Å². The molecule has 0 saturated carbocycles. The highest BCUT2D eigenvalue weighted by molar-refractivity contribution is 7.99. The molecule has 3 heteroatoms. The summed E-state index contributed by atoms with van der Waals surface area (Å²) < 4.78 is 5.75. The van der Waals surface area contributed by atoms with Gasteiger partial charge in [-0.05, 0) is 47.4 Å². The van der Waals surface area contributed by atoms with Crippen LogP contribution in [0.3, 0.4) is 0 Å². The lowest BCUT2D eigenvalue weighted by Gasteiger charge is -2.19. The van der Waals surface area contributed by atoms with E-state index in [4.69, 9.17) is 4.74 Å². The maximum Gasteiger partial charge on any atom is 0.119 e. The van der Waals surface area contributed by atoms with Gasteiger partial charge < -0.3 is 9.84 Å². The number of aromatic hydroxyl groups is 1. The third kappa shape index (κ3) is 5.01. The SMILES string of the molecule is CC(C)(C)c1ccc(OCCSc2ccc(O)cc2)cc1. The lowest BCUT2D eigenvalue weighted by atomic mass is 9.87. The highest BCUT2D eigenvalue weighted by atomic mass is 32.2. The standard InChI is InChI=1S/C18H22O2S/c1-18(2,3)14-4-8-16(9-5-14)20-12-13-21-17-10-6-15(19)7-11-17/h4-11,19H,12-13H2,1-3H3. The molecule has 0 aromatic heterocycles. The van der Waals surface area contributed by atoms with Gasteiger partial charge in [-0.2, -0.15) is 0 Å². The van der Waals surface area contributed by atoms with E-state index in [1.165, 1.54) is 5.56 Å². The van der Waals surface area contributed by atoms with Crippen LogP contribution in [0.4, 0.5) is 0 Å². The molecule has 0 aliphatic carbocycles. The second-order valence-electron chi connectivity index (χ2n) is 5.97. The third-order valence-corrected chi connectivity index (χ3v) is 4.15. The van der Waals surface area contributed by atoms with Gasteiger partial charge in [0, 0.05) is 10.6 Å². The highest BCUT2D eigenvalue weighted by Crippen LogP contribution is 2.25. The lowest BCUT2D eigenvalue weighted by molar-refractivity contribution is 0.343. The van der Waals surface area contributed by atoms with E-state index in [2.05, 4.69) is 32.9 Å². The summed E-state index contributed by atoms with van der Waals surface area (Å²) in [4.78, 5) is 1.14. The fraction of sp³-hybridized carbons (Fsp3) is 0.333. The zero-order valence-corrected chi connectivity index (χ0v) is 13.6. The molecule has 1 N–H and O–H groups in total. The monoisotopic (exact) mass is 302 g/mol. The summed E-state index contributed by atoms with van der Waals surface area (Å²) in [6, 6.07) is 15.6. The number of phenols is 1. The van der Waals surface area contributed by atoms with Crippen LogP contribution < -0.4 is 4.74 Å². The normalized spacial score (nSPS) is 11.4. The number of hydrogen-bond acceptors (Lipinski definition) is 3. The zero-order chi connectivity index (χ0) is 15.3. The number of rotatable bonds is 5. The molecule has 0 bridgehead atoms. The van der Waals surface area contributed by atoms with E-state index in [9.17, 15) is 5.11 Å². The molecule has 0 aliphatic heterocycles. The average Bonchev–Trinajstić information content (AvgIpc) is 2.45. The molecule has 2 rings (SSSR count). The summed E-state index contributed by atoms with van der Waals surface area (Å²) in [6.07, 6.45) is 0. The molecule has 21 heavy (non-hydrogen) atoms. The average molecular weight is 302 g/mol. The van der Waals surface area contributed by atoms with Crippen molar-refractivity contribution >= 4 is 11.8 Å². The van der Waals surface area contributed by atoms with Gasteiger partial charge in [-0.25, -0.2) is 0 Å².